The van der Waals surface area contributed by atoms with E-state index in [9.17, 15) is 9.90 Å². The summed E-state index contributed by atoms with van der Waals surface area (Å²) in [5.41, 5.74) is 0. The number of hydrogen-bond acceptors (Lipinski definition) is 4. The lowest BCUT2D eigenvalue weighted by atomic mass is 10.2. The van der Waals surface area contributed by atoms with Gasteiger partial charge >= 0.3 is 0 Å². The number of rotatable bonds is 2. The van der Waals surface area contributed by atoms with Crippen LogP contribution in [0.2, 0.25) is 0 Å². The van der Waals surface area contributed by atoms with Gasteiger partial charge in [-0.3, -0.25) is 4.79 Å². The summed E-state index contributed by atoms with van der Waals surface area (Å²) >= 11 is 0. The van der Waals surface area contributed by atoms with E-state index in [-0.39, 0.29) is 5.91 Å². The average Bonchev–Trinajstić information content (AvgIpc) is 2.43. The normalized spacial score (nSPS) is 20.9. The lowest BCUT2D eigenvalue weighted by Gasteiger charge is -2.21. The molecule has 5 heteroatoms. The summed E-state index contributed by atoms with van der Waals surface area (Å²) in [4.78, 5) is 13.3. The Morgan fingerprint density at radius 2 is 2.00 bits per heavy atom. The highest BCUT2D eigenvalue weighted by Crippen LogP contribution is 2.24. The summed E-state index contributed by atoms with van der Waals surface area (Å²) in [7, 11) is 3.59. The molecule has 0 aromatic carbocycles. The van der Waals surface area contributed by atoms with E-state index in [0.29, 0.717) is 6.42 Å². The van der Waals surface area contributed by atoms with Gasteiger partial charge in [-0.15, -0.1) is 0 Å². The van der Waals surface area contributed by atoms with E-state index in [1.807, 2.05) is 6.92 Å². The van der Waals surface area contributed by atoms with Gasteiger partial charge in [0.1, 0.15) is 6.10 Å². The predicted octanol–water partition coefficient (Wildman–Crippen LogP) is 0.981. The minimum atomic E-state index is -0.798. The smallest absolute Gasteiger partial charge is 0.251 e. The van der Waals surface area contributed by atoms with Crippen molar-refractivity contribution < 1.29 is 9.90 Å². The molecule has 1 heterocycles. The van der Waals surface area contributed by atoms with E-state index in [0.717, 1.165) is 24.6 Å². The van der Waals surface area contributed by atoms with Gasteiger partial charge in [0.05, 0.1) is 0 Å². The molecule has 1 N–H and O–H groups in total. The third-order valence-corrected chi connectivity index (χ3v) is 4.32. The Bertz CT molecular complexity index is 170. The molecule has 1 aliphatic rings. The monoisotopic (exact) mass is 221 g/mol. The van der Waals surface area contributed by atoms with Gasteiger partial charge in [-0.2, -0.15) is 0 Å². The van der Waals surface area contributed by atoms with Crippen LogP contribution in [0.1, 0.15) is 13.3 Å². The van der Waals surface area contributed by atoms with Crippen LogP contribution in [0.5, 0.6) is 0 Å². The molecule has 1 rings (SSSR count). The molecule has 1 amide bonds. The number of nitrogens with zero attached hydrogens (tertiary/aromatic N) is 1. The first-order valence-corrected chi connectivity index (χ1v) is 6.95. The van der Waals surface area contributed by atoms with E-state index in [1.54, 1.807) is 26.5 Å². The molecule has 0 bridgehead atoms. The molecule has 0 aromatic heterocycles. The molecular formula is C8H15NO2S2. The van der Waals surface area contributed by atoms with E-state index >= 15 is 0 Å². The Kier molecular flexibility index (Phi) is 4.98. The third-order valence-electron chi connectivity index (χ3n) is 1.96. The van der Waals surface area contributed by atoms with Gasteiger partial charge in [-0.25, -0.2) is 0 Å². The number of hydrogen-bond donors (Lipinski definition) is 1. The average molecular weight is 221 g/mol. The fourth-order valence-corrected chi connectivity index (χ4v) is 3.11. The van der Waals surface area contributed by atoms with E-state index in [1.165, 1.54) is 0 Å². The fraction of sp³-hybridized carbons (Fsp3) is 0.875. The maximum atomic E-state index is 11.5. The number of aliphatic hydroxyl groups excluding tert-OH is 1. The zero-order valence-corrected chi connectivity index (χ0v) is 9.37. The van der Waals surface area contributed by atoms with Crippen molar-refractivity contribution in [3.8, 4) is 0 Å². The highest BCUT2D eigenvalue weighted by Gasteiger charge is 2.21. The predicted molar refractivity (Wildman–Crippen MR) is 57.8 cm³/mol. The van der Waals surface area contributed by atoms with Crippen LogP contribution in [0.25, 0.3) is 0 Å². The molecule has 76 valence electrons. The Labute approximate surface area is 86.6 Å². The third kappa shape index (κ3) is 3.40. The number of amides is 1. The molecular weight excluding hydrogens is 206 g/mol. The SMILES string of the molecule is CCC(O)C(=O)N1CCSSCC1. The topological polar surface area (TPSA) is 40.5 Å². The molecule has 1 fully saturated rings. The second-order valence-corrected chi connectivity index (χ2v) is 5.60. The molecule has 0 saturated carbocycles. The molecule has 1 aliphatic heterocycles. The number of carbonyl (C=O) groups is 1. The van der Waals surface area contributed by atoms with E-state index in [4.69, 9.17) is 0 Å². The van der Waals surface area contributed by atoms with E-state index in [2.05, 4.69) is 0 Å². The molecule has 1 unspecified atom stereocenters. The van der Waals surface area contributed by atoms with Crippen LogP contribution in [0.4, 0.5) is 0 Å². The van der Waals surface area contributed by atoms with Crippen molar-refractivity contribution in [2.75, 3.05) is 24.6 Å². The second kappa shape index (κ2) is 5.78. The van der Waals surface area contributed by atoms with Crippen LogP contribution in [-0.4, -0.2) is 46.6 Å². The van der Waals surface area contributed by atoms with Crippen LogP contribution in [0.15, 0.2) is 0 Å². The van der Waals surface area contributed by atoms with Gasteiger partial charge in [-0.05, 0) is 6.42 Å². The Morgan fingerprint density at radius 3 is 2.46 bits per heavy atom. The fourth-order valence-electron chi connectivity index (χ4n) is 1.13. The zero-order valence-electron chi connectivity index (χ0n) is 7.73. The molecule has 13 heavy (non-hydrogen) atoms. The van der Waals surface area contributed by atoms with Crippen molar-refractivity contribution in [3.05, 3.63) is 0 Å². The molecule has 0 aromatic rings. The van der Waals surface area contributed by atoms with Gasteiger partial charge in [-0.1, -0.05) is 28.5 Å². The second-order valence-electron chi connectivity index (χ2n) is 2.89. The molecule has 1 saturated heterocycles. The quantitative estimate of drug-likeness (QED) is 0.706. The summed E-state index contributed by atoms with van der Waals surface area (Å²) < 4.78 is 0. The minimum absolute atomic E-state index is 0.106. The molecule has 0 radical (unpaired) electrons. The maximum absolute atomic E-state index is 11.5. The van der Waals surface area contributed by atoms with Crippen molar-refractivity contribution in [3.63, 3.8) is 0 Å². The van der Waals surface area contributed by atoms with Crippen molar-refractivity contribution in [2.45, 2.75) is 19.4 Å². The van der Waals surface area contributed by atoms with Crippen LogP contribution in [0, 0.1) is 0 Å². The van der Waals surface area contributed by atoms with Crippen LogP contribution >= 0.6 is 21.6 Å². The van der Waals surface area contributed by atoms with Gasteiger partial charge in [0.25, 0.3) is 5.91 Å². The Balaban J connectivity index is 2.43. The summed E-state index contributed by atoms with van der Waals surface area (Å²) in [6.45, 7) is 3.37. The van der Waals surface area contributed by atoms with Crippen LogP contribution in [0.3, 0.4) is 0 Å². The summed E-state index contributed by atoms with van der Waals surface area (Å²) in [5, 5.41) is 9.37. The van der Waals surface area contributed by atoms with Crippen molar-refractivity contribution in [1.29, 1.82) is 0 Å². The zero-order chi connectivity index (χ0) is 9.68. The number of carbonyl (C=O) groups excluding carboxylic acids is 1. The lowest BCUT2D eigenvalue weighted by Crippen LogP contribution is -2.40. The van der Waals surface area contributed by atoms with Gasteiger partial charge in [0.15, 0.2) is 0 Å². The van der Waals surface area contributed by atoms with Crippen molar-refractivity contribution >= 4 is 27.5 Å². The molecule has 0 spiro atoms. The lowest BCUT2D eigenvalue weighted by molar-refractivity contribution is -0.139. The first-order chi connectivity index (χ1) is 6.25. The summed E-state index contributed by atoms with van der Waals surface area (Å²) in [6.07, 6.45) is -0.289. The molecule has 0 aliphatic carbocycles. The van der Waals surface area contributed by atoms with Gasteiger partial charge in [0.2, 0.25) is 0 Å². The van der Waals surface area contributed by atoms with Crippen molar-refractivity contribution in [1.82, 2.24) is 4.90 Å². The Hall–Kier alpha value is 0.130. The number of aliphatic hydroxyl groups is 1. The highest BCUT2D eigenvalue weighted by atomic mass is 33.1. The van der Waals surface area contributed by atoms with Crippen LogP contribution in [-0.2, 0) is 4.79 Å². The molecule has 3 nitrogen and oxygen atoms in total. The minimum Gasteiger partial charge on any atom is -0.383 e. The van der Waals surface area contributed by atoms with Crippen LogP contribution < -0.4 is 0 Å². The molecule has 1 atom stereocenters. The standard InChI is InChI=1S/C8H15NO2S2/c1-2-7(10)8(11)9-3-5-12-13-6-4-9/h7,10H,2-6H2,1H3. The van der Waals surface area contributed by atoms with E-state index < -0.39 is 6.10 Å². The van der Waals surface area contributed by atoms with Crippen molar-refractivity contribution in [2.24, 2.45) is 0 Å². The Morgan fingerprint density at radius 1 is 1.46 bits per heavy atom. The summed E-state index contributed by atoms with van der Waals surface area (Å²) in [5.74, 6) is 1.82. The van der Waals surface area contributed by atoms with Gasteiger partial charge in [0, 0.05) is 24.6 Å². The largest absolute Gasteiger partial charge is 0.383 e. The summed E-state index contributed by atoms with van der Waals surface area (Å²) in [6, 6.07) is 0. The maximum Gasteiger partial charge on any atom is 0.251 e. The van der Waals surface area contributed by atoms with Gasteiger partial charge < -0.3 is 10.0 Å². The highest BCUT2D eigenvalue weighted by molar-refractivity contribution is 8.76. The first-order valence-electron chi connectivity index (χ1n) is 4.47. The first kappa shape index (κ1) is 11.2.